The van der Waals surface area contributed by atoms with Crippen molar-refractivity contribution in [2.45, 2.75) is 18.7 Å². The van der Waals surface area contributed by atoms with Crippen LogP contribution in [0.4, 0.5) is 11.7 Å². The van der Waals surface area contributed by atoms with E-state index in [2.05, 4.69) is 20.2 Å². The van der Waals surface area contributed by atoms with Gasteiger partial charge >= 0.3 is 6.01 Å². The third-order valence-electron chi connectivity index (χ3n) is 2.29. The van der Waals surface area contributed by atoms with Crippen LogP contribution >= 0.6 is 0 Å². The fourth-order valence-electron chi connectivity index (χ4n) is 1.47. The van der Waals surface area contributed by atoms with Crippen LogP contribution in [-0.2, 0) is 10.0 Å². The molecule has 0 fully saturated rings. The number of benzene rings is 1. The summed E-state index contributed by atoms with van der Waals surface area (Å²) in [7, 11) is -3.71. The second-order valence-corrected chi connectivity index (χ2v) is 5.47. The molecule has 102 valence electrons. The Kier molecular flexibility index (Phi) is 3.70. The first-order valence-corrected chi connectivity index (χ1v) is 7.16. The highest BCUT2D eigenvalue weighted by Crippen LogP contribution is 2.17. The molecule has 0 aliphatic rings. The van der Waals surface area contributed by atoms with Crippen molar-refractivity contribution in [2.75, 3.05) is 16.6 Å². The predicted octanol–water partition coefficient (Wildman–Crippen LogP) is 1.61. The van der Waals surface area contributed by atoms with Gasteiger partial charge in [0.15, 0.2) is 0 Å². The van der Waals surface area contributed by atoms with Crippen LogP contribution in [0.2, 0.25) is 0 Å². The summed E-state index contributed by atoms with van der Waals surface area (Å²) in [4.78, 5) is 0.130. The fourth-order valence-corrected chi connectivity index (χ4v) is 2.39. The second kappa shape index (κ2) is 5.27. The number of hydrogen-bond donors (Lipinski definition) is 2. The van der Waals surface area contributed by atoms with E-state index in [1.807, 2.05) is 6.92 Å². The number of aromatic nitrogens is 2. The lowest BCUT2D eigenvalue weighted by atomic mass is 10.3. The van der Waals surface area contributed by atoms with Crippen LogP contribution in [0, 0.1) is 6.92 Å². The third kappa shape index (κ3) is 3.22. The number of rotatable bonds is 5. The van der Waals surface area contributed by atoms with E-state index in [1.165, 1.54) is 12.1 Å². The molecular formula is C11H14N4O3S. The molecule has 0 amide bonds. The molecule has 0 radical (unpaired) electrons. The maximum absolute atomic E-state index is 12.0. The molecule has 0 spiro atoms. The fraction of sp³-hybridized carbons (Fsp3) is 0.273. The number of nitrogens with zero attached hydrogens (tertiary/aromatic N) is 2. The summed E-state index contributed by atoms with van der Waals surface area (Å²) in [5, 5.41) is 10.2. The lowest BCUT2D eigenvalue weighted by molar-refractivity contribution is 0.534. The van der Waals surface area contributed by atoms with Gasteiger partial charge in [0.05, 0.1) is 4.90 Å². The minimum absolute atomic E-state index is 0.130. The lowest BCUT2D eigenvalue weighted by Crippen LogP contribution is -2.13. The minimum Gasteiger partial charge on any atom is -0.408 e. The molecule has 0 bridgehead atoms. The minimum atomic E-state index is -3.71. The van der Waals surface area contributed by atoms with Gasteiger partial charge in [-0.05, 0) is 31.2 Å². The maximum atomic E-state index is 12.0. The van der Waals surface area contributed by atoms with Crippen LogP contribution < -0.4 is 10.0 Å². The summed E-state index contributed by atoms with van der Waals surface area (Å²) in [5.74, 6) is 0.292. The van der Waals surface area contributed by atoms with E-state index < -0.39 is 10.0 Å². The van der Waals surface area contributed by atoms with Gasteiger partial charge in [-0.25, -0.2) is 13.1 Å². The number of nitrogens with one attached hydrogen (secondary N) is 2. The van der Waals surface area contributed by atoms with Crippen LogP contribution in [0.3, 0.4) is 0 Å². The first kappa shape index (κ1) is 13.3. The number of sulfonamides is 1. The van der Waals surface area contributed by atoms with E-state index in [0.29, 0.717) is 5.89 Å². The molecule has 0 atom stereocenters. The number of hydrogen-bond acceptors (Lipinski definition) is 6. The Morgan fingerprint density at radius 1 is 1.21 bits per heavy atom. The highest BCUT2D eigenvalue weighted by molar-refractivity contribution is 7.92. The monoisotopic (exact) mass is 282 g/mol. The van der Waals surface area contributed by atoms with Crippen LogP contribution in [-0.4, -0.2) is 25.2 Å². The largest absolute Gasteiger partial charge is 0.408 e. The molecule has 0 aliphatic heterocycles. The van der Waals surface area contributed by atoms with Gasteiger partial charge in [0.25, 0.3) is 10.0 Å². The molecule has 0 unspecified atom stereocenters. The van der Waals surface area contributed by atoms with Gasteiger partial charge in [0.2, 0.25) is 5.89 Å². The molecule has 1 aromatic heterocycles. The first-order valence-electron chi connectivity index (χ1n) is 5.68. The molecule has 0 saturated carbocycles. The van der Waals surface area contributed by atoms with Crippen LogP contribution in [0.1, 0.15) is 12.8 Å². The third-order valence-corrected chi connectivity index (χ3v) is 3.63. The Labute approximate surface area is 111 Å². The van der Waals surface area contributed by atoms with Crippen molar-refractivity contribution in [3.63, 3.8) is 0 Å². The Bertz CT molecular complexity index is 649. The summed E-state index contributed by atoms with van der Waals surface area (Å²) in [6.45, 7) is 4.31. The number of anilines is 2. The van der Waals surface area contributed by atoms with Gasteiger partial charge in [-0.2, -0.15) is 0 Å². The van der Waals surface area contributed by atoms with Crippen LogP contribution in [0.25, 0.3) is 0 Å². The number of aryl methyl sites for hydroxylation is 1. The van der Waals surface area contributed by atoms with Gasteiger partial charge in [0, 0.05) is 19.2 Å². The average molecular weight is 282 g/mol. The predicted molar refractivity (Wildman–Crippen MR) is 70.4 cm³/mol. The van der Waals surface area contributed by atoms with Crippen molar-refractivity contribution < 1.29 is 12.8 Å². The second-order valence-electron chi connectivity index (χ2n) is 3.79. The summed E-state index contributed by atoms with van der Waals surface area (Å²) < 4.78 is 31.2. The molecule has 19 heavy (non-hydrogen) atoms. The van der Waals surface area contributed by atoms with E-state index in [9.17, 15) is 8.42 Å². The Morgan fingerprint density at radius 3 is 2.42 bits per heavy atom. The molecule has 1 aromatic carbocycles. The quantitative estimate of drug-likeness (QED) is 0.864. The highest BCUT2D eigenvalue weighted by Gasteiger charge is 2.17. The molecule has 2 N–H and O–H groups in total. The van der Waals surface area contributed by atoms with E-state index in [-0.39, 0.29) is 10.9 Å². The van der Waals surface area contributed by atoms with Crippen LogP contribution in [0.15, 0.2) is 33.6 Å². The van der Waals surface area contributed by atoms with E-state index in [0.717, 1.165) is 12.2 Å². The molecule has 0 saturated heterocycles. The van der Waals surface area contributed by atoms with Crippen molar-refractivity contribution >= 4 is 21.7 Å². The van der Waals surface area contributed by atoms with Gasteiger partial charge in [-0.1, -0.05) is 5.10 Å². The van der Waals surface area contributed by atoms with Crippen molar-refractivity contribution in [1.82, 2.24) is 10.2 Å². The van der Waals surface area contributed by atoms with Crippen molar-refractivity contribution in [1.29, 1.82) is 0 Å². The highest BCUT2D eigenvalue weighted by atomic mass is 32.2. The smallest absolute Gasteiger partial charge is 0.329 e. The summed E-state index contributed by atoms with van der Waals surface area (Å²) >= 11 is 0. The van der Waals surface area contributed by atoms with Gasteiger partial charge in [-0.3, -0.25) is 0 Å². The SMILES string of the molecule is CCNc1ccc(S(=O)(=O)Nc2nnc(C)o2)cc1. The van der Waals surface area contributed by atoms with Gasteiger partial charge < -0.3 is 9.73 Å². The van der Waals surface area contributed by atoms with Gasteiger partial charge in [0.1, 0.15) is 0 Å². The normalized spacial score (nSPS) is 11.3. The van der Waals surface area contributed by atoms with Crippen LogP contribution in [0.5, 0.6) is 0 Å². The molecule has 2 aromatic rings. The lowest BCUT2D eigenvalue weighted by Gasteiger charge is -2.06. The van der Waals surface area contributed by atoms with Crippen molar-refractivity contribution in [3.05, 3.63) is 30.2 Å². The summed E-state index contributed by atoms with van der Waals surface area (Å²) in [6, 6.07) is 6.25. The Balaban J connectivity index is 2.19. The standard InChI is InChI=1S/C11H14N4O3S/c1-3-12-9-4-6-10(7-5-9)19(16,17)15-11-14-13-8(2)18-11/h4-7,12H,3H2,1-2H3,(H,14,15). The zero-order valence-electron chi connectivity index (χ0n) is 10.5. The van der Waals surface area contributed by atoms with Crippen molar-refractivity contribution in [2.24, 2.45) is 0 Å². The van der Waals surface area contributed by atoms with E-state index >= 15 is 0 Å². The summed E-state index contributed by atoms with van der Waals surface area (Å²) in [5.41, 5.74) is 0.857. The molecule has 0 aliphatic carbocycles. The topological polar surface area (TPSA) is 97.1 Å². The first-order chi connectivity index (χ1) is 9.01. The zero-order valence-corrected chi connectivity index (χ0v) is 11.4. The molecule has 8 heteroatoms. The Morgan fingerprint density at radius 2 is 1.89 bits per heavy atom. The maximum Gasteiger partial charge on any atom is 0.329 e. The molecule has 2 rings (SSSR count). The molecule has 1 heterocycles. The summed E-state index contributed by atoms with van der Waals surface area (Å²) in [6.07, 6.45) is 0. The van der Waals surface area contributed by atoms with Crippen molar-refractivity contribution in [3.8, 4) is 0 Å². The Hall–Kier alpha value is -2.09. The zero-order chi connectivity index (χ0) is 13.9. The van der Waals surface area contributed by atoms with E-state index in [1.54, 1.807) is 19.1 Å². The van der Waals surface area contributed by atoms with E-state index in [4.69, 9.17) is 4.42 Å². The average Bonchev–Trinajstić information content (AvgIpc) is 2.75. The molecule has 7 nitrogen and oxygen atoms in total. The molecular weight excluding hydrogens is 268 g/mol. The van der Waals surface area contributed by atoms with Gasteiger partial charge in [-0.15, -0.1) is 5.10 Å².